The van der Waals surface area contributed by atoms with E-state index < -0.39 is 12.1 Å². The van der Waals surface area contributed by atoms with Crippen LogP contribution in [0, 0.1) is 5.92 Å². The van der Waals surface area contributed by atoms with Crippen LogP contribution in [0.5, 0.6) is 11.5 Å². The molecule has 0 spiro atoms. The molecule has 77 heavy (non-hydrogen) atoms. The minimum atomic E-state index is -0.588. The highest BCUT2D eigenvalue weighted by Gasteiger charge is 2.40. The number of nitrogens with one attached hydrogen (secondary N) is 4. The standard InChI is InChI=1S/C56H66N14O6S/c1-37(57-2)53(72)63-50(39-15-6-4-7-16-39)56(74)70-26-13-22-48(70)55-62-47(35-77-55)51(71)40-17-12-21-45(30-40)76-34-43-33-69(67-64-43)25-8-5-9-27-75-44-20-10-14-38(28-44)31-60-54(73)41-18-11-19-42(29-41)59-32-49-65-66-52(68(49)3)46-23-24-58-36-61-46/h10-12,14,17-21,23-24,28-30,33,35-37,39,48,50,57,59H,4-9,13,15-16,22,25-27,31-32,34H2,1-3H3,(H,60,73)(H,63,72). The van der Waals surface area contributed by atoms with Crippen molar-refractivity contribution >= 4 is 40.5 Å². The Morgan fingerprint density at radius 1 is 0.844 bits per heavy atom. The number of thiazole rings is 1. The number of anilines is 1. The second kappa shape index (κ2) is 26.2. The van der Waals surface area contributed by atoms with Gasteiger partial charge in [-0.25, -0.2) is 15.0 Å². The van der Waals surface area contributed by atoms with Gasteiger partial charge in [-0.3, -0.25) is 23.9 Å². The Bertz CT molecular complexity index is 3100. The normalized spacial score (nSPS) is 15.4. The van der Waals surface area contributed by atoms with E-state index in [1.165, 1.54) is 17.7 Å². The lowest BCUT2D eigenvalue weighted by Crippen LogP contribution is -2.55. The van der Waals surface area contributed by atoms with Gasteiger partial charge in [0, 0.05) is 55.1 Å². The van der Waals surface area contributed by atoms with Crippen molar-refractivity contribution in [2.24, 2.45) is 13.0 Å². The molecular weight excluding hydrogens is 997 g/mol. The molecule has 9 rings (SSSR count). The van der Waals surface area contributed by atoms with Crippen molar-refractivity contribution in [1.82, 2.24) is 65.6 Å². The third kappa shape index (κ3) is 14.1. The van der Waals surface area contributed by atoms with Gasteiger partial charge in [-0.2, -0.15) is 0 Å². The van der Waals surface area contributed by atoms with Crippen LogP contribution in [-0.4, -0.2) is 105 Å². The Morgan fingerprint density at radius 3 is 2.49 bits per heavy atom. The van der Waals surface area contributed by atoms with Crippen molar-refractivity contribution in [3.8, 4) is 23.0 Å². The van der Waals surface area contributed by atoms with E-state index in [-0.39, 0.29) is 42.1 Å². The number of likely N-dealkylation sites (tertiary alicyclic amines) is 1. The summed E-state index contributed by atoms with van der Waals surface area (Å²) in [5.41, 5.74) is 4.35. The third-order valence-electron chi connectivity index (χ3n) is 14.2. The van der Waals surface area contributed by atoms with Gasteiger partial charge in [0.1, 0.15) is 52.6 Å². The van der Waals surface area contributed by atoms with E-state index in [1.54, 1.807) is 66.6 Å². The summed E-state index contributed by atoms with van der Waals surface area (Å²) in [5.74, 6) is 2.05. The van der Waals surface area contributed by atoms with Gasteiger partial charge < -0.3 is 40.2 Å². The van der Waals surface area contributed by atoms with Crippen LogP contribution in [0.25, 0.3) is 11.5 Å². The van der Waals surface area contributed by atoms with Crippen molar-refractivity contribution in [3.05, 3.63) is 142 Å². The number of hydrogen-bond acceptors (Lipinski definition) is 16. The number of nitrogens with zero attached hydrogens (tertiary/aromatic N) is 10. The molecule has 1 saturated heterocycles. The second-order valence-electron chi connectivity index (χ2n) is 19.5. The average Bonchev–Trinajstić information content (AvgIpc) is 4.33. The number of aryl methyl sites for hydroxylation is 1. The fourth-order valence-corrected chi connectivity index (χ4v) is 10.6. The first-order valence-electron chi connectivity index (χ1n) is 26.5. The molecule has 1 aliphatic carbocycles. The molecule has 0 bridgehead atoms. The van der Waals surface area contributed by atoms with E-state index in [0.29, 0.717) is 78.4 Å². The van der Waals surface area contributed by atoms with Crippen LogP contribution in [0.3, 0.4) is 0 Å². The van der Waals surface area contributed by atoms with E-state index in [1.807, 2.05) is 65.2 Å². The molecule has 21 heteroatoms. The van der Waals surface area contributed by atoms with E-state index in [9.17, 15) is 19.2 Å². The molecule has 4 aromatic heterocycles. The predicted octanol–water partition coefficient (Wildman–Crippen LogP) is 7.26. The molecular formula is C56H66N14O6S. The number of benzene rings is 3. The Morgan fingerprint density at radius 2 is 1.66 bits per heavy atom. The minimum Gasteiger partial charge on any atom is -0.494 e. The Hall–Kier alpha value is -7.91. The highest BCUT2D eigenvalue weighted by atomic mass is 32.1. The number of rotatable bonds is 25. The first kappa shape index (κ1) is 53.9. The third-order valence-corrected chi connectivity index (χ3v) is 15.1. The van der Waals surface area contributed by atoms with Crippen LogP contribution in [0.2, 0.25) is 0 Å². The van der Waals surface area contributed by atoms with E-state index in [4.69, 9.17) is 14.5 Å². The smallest absolute Gasteiger partial charge is 0.251 e. The molecule has 1 aliphatic heterocycles. The quantitative estimate of drug-likeness (QED) is 0.0326. The number of carbonyl (C=O) groups is 4. The molecule has 3 unspecified atom stereocenters. The monoisotopic (exact) mass is 1060 g/mol. The van der Waals surface area contributed by atoms with Gasteiger partial charge in [-0.15, -0.1) is 26.6 Å². The first-order chi connectivity index (χ1) is 37.6. The fraction of sp³-hybridized carbons (Fsp3) is 0.411. The van der Waals surface area contributed by atoms with Gasteiger partial charge in [-0.1, -0.05) is 54.8 Å². The Labute approximate surface area is 451 Å². The molecule has 3 atom stereocenters. The maximum Gasteiger partial charge on any atom is 0.251 e. The molecule has 3 aromatic carbocycles. The summed E-state index contributed by atoms with van der Waals surface area (Å²) in [6.45, 7) is 4.55. The highest BCUT2D eigenvalue weighted by Crippen LogP contribution is 2.37. The number of ether oxygens (including phenoxy) is 2. The van der Waals surface area contributed by atoms with E-state index in [0.717, 1.165) is 86.2 Å². The number of hydrogen-bond donors (Lipinski definition) is 4. The van der Waals surface area contributed by atoms with Gasteiger partial charge in [0.25, 0.3) is 5.91 Å². The fourth-order valence-electron chi connectivity index (χ4n) is 9.70. The molecule has 1 saturated carbocycles. The van der Waals surface area contributed by atoms with Crippen LogP contribution < -0.4 is 30.7 Å². The van der Waals surface area contributed by atoms with Crippen LogP contribution in [-0.2, 0) is 42.9 Å². The van der Waals surface area contributed by atoms with Crippen LogP contribution in [0.1, 0.15) is 126 Å². The summed E-state index contributed by atoms with van der Waals surface area (Å²) in [7, 11) is 3.62. The topological polar surface area (TPSA) is 238 Å². The minimum absolute atomic E-state index is 0.0623. The summed E-state index contributed by atoms with van der Waals surface area (Å²) in [6.07, 6.45) is 14.3. The van der Waals surface area contributed by atoms with Crippen LogP contribution in [0.15, 0.2) is 103 Å². The number of ketones is 1. The molecule has 0 radical (unpaired) electrons. The van der Waals surface area contributed by atoms with Gasteiger partial charge in [0.05, 0.1) is 31.4 Å². The van der Waals surface area contributed by atoms with E-state index in [2.05, 4.69) is 51.7 Å². The van der Waals surface area contributed by atoms with Crippen molar-refractivity contribution in [3.63, 3.8) is 0 Å². The summed E-state index contributed by atoms with van der Waals surface area (Å²) in [5, 5.41) is 32.1. The molecule has 20 nitrogen and oxygen atoms in total. The Balaban J connectivity index is 0.678. The first-order valence-corrected chi connectivity index (χ1v) is 27.4. The molecule has 4 N–H and O–H groups in total. The number of carbonyl (C=O) groups excluding carboxylic acids is 4. The van der Waals surface area contributed by atoms with Gasteiger partial charge in [0.2, 0.25) is 17.6 Å². The second-order valence-corrected chi connectivity index (χ2v) is 20.4. The van der Waals surface area contributed by atoms with Gasteiger partial charge in [-0.05, 0) is 119 Å². The Kier molecular flexibility index (Phi) is 18.4. The predicted molar refractivity (Wildman–Crippen MR) is 290 cm³/mol. The molecule has 7 aromatic rings. The van der Waals surface area contributed by atoms with Crippen molar-refractivity contribution in [2.45, 2.75) is 115 Å². The number of unbranched alkanes of at least 4 members (excludes halogenated alkanes) is 2. The maximum absolute atomic E-state index is 14.2. The summed E-state index contributed by atoms with van der Waals surface area (Å²) >= 11 is 1.39. The lowest BCUT2D eigenvalue weighted by molar-refractivity contribution is -0.139. The lowest BCUT2D eigenvalue weighted by Gasteiger charge is -2.35. The zero-order valence-corrected chi connectivity index (χ0v) is 44.6. The molecule has 2 aliphatic rings. The summed E-state index contributed by atoms with van der Waals surface area (Å²) in [4.78, 5) is 69.1. The SMILES string of the molecule is CNC(C)C(=O)NC(C(=O)N1CCCC1c1nc(C(=O)c2cccc(OCc3cn(CCCCCOc4cccc(CNC(=O)c5cccc(NCc6nnc(-c7ccncn7)n6C)c5)c4)nn3)c2)cs1)C1CCCCC1. The van der Waals surface area contributed by atoms with Gasteiger partial charge in [0.15, 0.2) is 11.6 Å². The maximum atomic E-state index is 14.2. The number of aromatic nitrogens is 9. The highest BCUT2D eigenvalue weighted by molar-refractivity contribution is 7.10. The lowest BCUT2D eigenvalue weighted by atomic mass is 9.83. The number of likely N-dealkylation sites (N-methyl/N-ethyl adjacent to an activating group) is 1. The number of amides is 3. The molecule has 2 fully saturated rings. The zero-order chi connectivity index (χ0) is 53.5. The van der Waals surface area contributed by atoms with Crippen LogP contribution >= 0.6 is 11.3 Å². The largest absolute Gasteiger partial charge is 0.494 e. The zero-order valence-electron chi connectivity index (χ0n) is 43.8. The van der Waals surface area contributed by atoms with Crippen molar-refractivity contribution in [1.29, 1.82) is 0 Å². The van der Waals surface area contributed by atoms with Crippen molar-refractivity contribution < 1.29 is 28.7 Å². The summed E-state index contributed by atoms with van der Waals surface area (Å²) < 4.78 is 15.8. The average molecular weight is 1060 g/mol. The molecule has 3 amide bonds. The summed E-state index contributed by atoms with van der Waals surface area (Å²) in [6, 6.07) is 22.6. The van der Waals surface area contributed by atoms with E-state index >= 15 is 0 Å². The van der Waals surface area contributed by atoms with Gasteiger partial charge >= 0.3 is 0 Å². The molecule has 402 valence electrons. The van der Waals surface area contributed by atoms with Crippen molar-refractivity contribution in [2.75, 3.05) is 25.5 Å². The molecule has 5 heterocycles. The van der Waals surface area contributed by atoms with Crippen LogP contribution in [0.4, 0.5) is 5.69 Å².